The average molecular weight is 245 g/mol. The van der Waals surface area contributed by atoms with Crippen molar-refractivity contribution in [1.29, 1.82) is 0 Å². The van der Waals surface area contributed by atoms with Crippen molar-refractivity contribution in [3.05, 3.63) is 35.4 Å². The number of benzene rings is 1. The zero-order chi connectivity index (χ0) is 13.3. The van der Waals surface area contributed by atoms with Crippen molar-refractivity contribution in [2.45, 2.75) is 53.1 Å². The molecule has 0 saturated heterocycles. The van der Waals surface area contributed by atoms with E-state index in [0.717, 1.165) is 12.1 Å². The molecule has 2 atom stereocenters. The molecule has 2 unspecified atom stereocenters. The Morgan fingerprint density at radius 3 is 2.22 bits per heavy atom. The van der Waals surface area contributed by atoms with Gasteiger partial charge in [-0.25, -0.2) is 0 Å². The highest BCUT2D eigenvalue weighted by Gasteiger charge is 2.29. The van der Waals surface area contributed by atoms with Crippen molar-refractivity contribution >= 4 is 5.71 Å². The first-order chi connectivity index (χ1) is 8.37. The van der Waals surface area contributed by atoms with E-state index in [4.69, 9.17) is 4.84 Å². The SMILES string of the molecule is CC1=NOC(C)C1c1ccc(CC(C)(C)C)cc1. The van der Waals surface area contributed by atoms with Crippen LogP contribution in [0.2, 0.25) is 0 Å². The number of rotatable bonds is 2. The molecule has 1 aromatic rings. The largest absolute Gasteiger partial charge is 0.392 e. The molecule has 0 fully saturated rings. The summed E-state index contributed by atoms with van der Waals surface area (Å²) in [6, 6.07) is 8.91. The van der Waals surface area contributed by atoms with Gasteiger partial charge in [0.1, 0.15) is 6.10 Å². The van der Waals surface area contributed by atoms with E-state index in [0.29, 0.717) is 11.3 Å². The minimum atomic E-state index is 0.151. The maximum Gasteiger partial charge on any atom is 0.136 e. The summed E-state index contributed by atoms with van der Waals surface area (Å²) in [6.07, 6.45) is 1.26. The topological polar surface area (TPSA) is 21.6 Å². The molecule has 0 radical (unpaired) electrons. The second-order valence-corrected chi connectivity index (χ2v) is 6.50. The van der Waals surface area contributed by atoms with Crippen molar-refractivity contribution < 1.29 is 4.84 Å². The van der Waals surface area contributed by atoms with E-state index >= 15 is 0 Å². The summed E-state index contributed by atoms with van der Waals surface area (Å²) in [4.78, 5) is 5.33. The highest BCUT2D eigenvalue weighted by atomic mass is 16.6. The zero-order valence-corrected chi connectivity index (χ0v) is 12.0. The molecule has 98 valence electrons. The van der Waals surface area contributed by atoms with Crippen LogP contribution in [0, 0.1) is 5.41 Å². The lowest BCUT2D eigenvalue weighted by molar-refractivity contribution is 0.0905. The maximum absolute atomic E-state index is 5.33. The van der Waals surface area contributed by atoms with Gasteiger partial charge in [0.25, 0.3) is 0 Å². The van der Waals surface area contributed by atoms with E-state index in [1.807, 2.05) is 6.92 Å². The Morgan fingerprint density at radius 1 is 1.17 bits per heavy atom. The van der Waals surface area contributed by atoms with Gasteiger partial charge in [0.05, 0.1) is 11.6 Å². The van der Waals surface area contributed by atoms with Crippen LogP contribution in [-0.4, -0.2) is 11.8 Å². The maximum atomic E-state index is 5.33. The molecule has 0 spiro atoms. The molecule has 0 amide bonds. The van der Waals surface area contributed by atoms with Crippen LogP contribution in [0.4, 0.5) is 0 Å². The molecule has 2 nitrogen and oxygen atoms in total. The van der Waals surface area contributed by atoms with Gasteiger partial charge < -0.3 is 4.84 Å². The second-order valence-electron chi connectivity index (χ2n) is 6.50. The standard InChI is InChI=1S/C16H23NO/c1-11-15(12(2)18-17-11)14-8-6-13(7-9-14)10-16(3,4)5/h6-9,12,15H,10H2,1-5H3. The van der Waals surface area contributed by atoms with E-state index < -0.39 is 0 Å². The molecule has 2 rings (SSSR count). The van der Waals surface area contributed by atoms with Gasteiger partial charge >= 0.3 is 0 Å². The highest BCUT2D eigenvalue weighted by Crippen LogP contribution is 2.29. The number of nitrogens with zero attached hydrogens (tertiary/aromatic N) is 1. The van der Waals surface area contributed by atoms with Gasteiger partial charge in [0.15, 0.2) is 0 Å². The minimum absolute atomic E-state index is 0.151. The first-order valence-electron chi connectivity index (χ1n) is 6.66. The van der Waals surface area contributed by atoms with E-state index in [1.165, 1.54) is 11.1 Å². The third-order valence-electron chi connectivity index (χ3n) is 3.36. The van der Waals surface area contributed by atoms with Gasteiger partial charge in [-0.15, -0.1) is 0 Å². The Bertz CT molecular complexity index is 439. The van der Waals surface area contributed by atoms with Gasteiger partial charge in [-0.2, -0.15) is 0 Å². The first-order valence-corrected chi connectivity index (χ1v) is 6.66. The van der Waals surface area contributed by atoms with Gasteiger partial charge in [0, 0.05) is 0 Å². The molecule has 18 heavy (non-hydrogen) atoms. The molecule has 0 saturated carbocycles. The van der Waals surface area contributed by atoms with Gasteiger partial charge in [-0.05, 0) is 36.8 Å². The minimum Gasteiger partial charge on any atom is -0.392 e. The van der Waals surface area contributed by atoms with Crippen LogP contribution in [0.5, 0.6) is 0 Å². The second kappa shape index (κ2) is 4.75. The third kappa shape index (κ3) is 2.92. The molecular weight excluding hydrogens is 222 g/mol. The van der Waals surface area contributed by atoms with Gasteiger partial charge in [-0.3, -0.25) is 0 Å². The van der Waals surface area contributed by atoms with E-state index in [1.54, 1.807) is 0 Å². The predicted octanol–water partition coefficient (Wildman–Crippen LogP) is 4.15. The van der Waals surface area contributed by atoms with Crippen molar-refractivity contribution in [3.63, 3.8) is 0 Å². The first kappa shape index (κ1) is 13.1. The predicted molar refractivity (Wildman–Crippen MR) is 76.0 cm³/mol. The lowest BCUT2D eigenvalue weighted by Gasteiger charge is -2.19. The summed E-state index contributed by atoms with van der Waals surface area (Å²) in [5, 5.41) is 4.07. The molecule has 0 N–H and O–H groups in total. The highest BCUT2D eigenvalue weighted by molar-refractivity contribution is 5.90. The fraction of sp³-hybridized carbons (Fsp3) is 0.562. The Kier molecular flexibility index (Phi) is 3.47. The van der Waals surface area contributed by atoms with E-state index in [9.17, 15) is 0 Å². The Labute approximate surface area is 110 Å². The fourth-order valence-electron chi connectivity index (χ4n) is 2.59. The summed E-state index contributed by atoms with van der Waals surface area (Å²) >= 11 is 0. The van der Waals surface area contributed by atoms with Crippen molar-refractivity contribution in [3.8, 4) is 0 Å². The van der Waals surface area contributed by atoms with Crippen LogP contribution in [0.25, 0.3) is 0 Å². The van der Waals surface area contributed by atoms with Crippen LogP contribution >= 0.6 is 0 Å². The molecule has 0 aromatic heterocycles. The zero-order valence-electron chi connectivity index (χ0n) is 12.0. The lowest BCUT2D eigenvalue weighted by Crippen LogP contribution is -2.16. The number of oxime groups is 1. The monoisotopic (exact) mass is 245 g/mol. The summed E-state index contributed by atoms with van der Waals surface area (Å²) in [6.45, 7) is 10.9. The smallest absolute Gasteiger partial charge is 0.136 e. The molecule has 0 aliphatic carbocycles. The van der Waals surface area contributed by atoms with Crippen molar-refractivity contribution in [1.82, 2.24) is 0 Å². The fourth-order valence-corrected chi connectivity index (χ4v) is 2.59. The van der Waals surface area contributed by atoms with E-state index in [-0.39, 0.29) is 6.10 Å². The molecule has 1 heterocycles. The van der Waals surface area contributed by atoms with Gasteiger partial charge in [-0.1, -0.05) is 50.2 Å². The van der Waals surface area contributed by atoms with Crippen molar-refractivity contribution in [2.24, 2.45) is 10.6 Å². The van der Waals surface area contributed by atoms with Crippen LogP contribution in [0.15, 0.2) is 29.4 Å². The summed E-state index contributed by atoms with van der Waals surface area (Å²) in [5.74, 6) is 0.314. The average Bonchev–Trinajstić information content (AvgIpc) is 2.58. The Hall–Kier alpha value is -1.31. The van der Waals surface area contributed by atoms with Crippen LogP contribution in [0.3, 0.4) is 0 Å². The quantitative estimate of drug-likeness (QED) is 0.767. The molecule has 1 aliphatic heterocycles. The van der Waals surface area contributed by atoms with Crippen LogP contribution in [0.1, 0.15) is 51.7 Å². The van der Waals surface area contributed by atoms with E-state index in [2.05, 4.69) is 57.1 Å². The normalized spacial score (nSPS) is 23.7. The van der Waals surface area contributed by atoms with Crippen LogP contribution in [-0.2, 0) is 11.3 Å². The lowest BCUT2D eigenvalue weighted by atomic mass is 9.86. The summed E-state index contributed by atoms with van der Waals surface area (Å²) in [7, 11) is 0. The molecule has 1 aromatic carbocycles. The van der Waals surface area contributed by atoms with Gasteiger partial charge in [0.2, 0.25) is 0 Å². The number of hydrogen-bond acceptors (Lipinski definition) is 2. The number of hydrogen-bond donors (Lipinski definition) is 0. The molecular formula is C16H23NO. The Balaban J connectivity index is 2.15. The van der Waals surface area contributed by atoms with Crippen molar-refractivity contribution in [2.75, 3.05) is 0 Å². The summed E-state index contributed by atoms with van der Waals surface area (Å²) < 4.78 is 0. The van der Waals surface area contributed by atoms with Crippen LogP contribution < -0.4 is 0 Å². The Morgan fingerprint density at radius 2 is 1.78 bits per heavy atom. The molecule has 1 aliphatic rings. The summed E-state index contributed by atoms with van der Waals surface area (Å²) in [5.41, 5.74) is 4.11. The molecule has 0 bridgehead atoms. The molecule has 2 heteroatoms. The third-order valence-corrected chi connectivity index (χ3v) is 3.36.